The topological polar surface area (TPSA) is 52.3 Å². The Kier molecular flexibility index (Phi) is 4.62. The van der Waals surface area contributed by atoms with E-state index >= 15 is 0 Å². The van der Waals surface area contributed by atoms with Crippen LogP contribution in [0.15, 0.2) is 53.1 Å². The zero-order valence-corrected chi connectivity index (χ0v) is 13.5. The van der Waals surface area contributed by atoms with Gasteiger partial charge in [0.2, 0.25) is 0 Å². The van der Waals surface area contributed by atoms with Gasteiger partial charge in [-0.1, -0.05) is 28.9 Å². The normalized spacial score (nSPS) is 10.6. The molecule has 0 aliphatic heterocycles. The fourth-order valence-electron chi connectivity index (χ4n) is 2.21. The van der Waals surface area contributed by atoms with Crippen LogP contribution in [-0.2, 0) is 11.3 Å². The fraction of sp³-hybridized carbons (Fsp3) is 0.111. The Morgan fingerprint density at radius 2 is 1.92 bits per heavy atom. The summed E-state index contributed by atoms with van der Waals surface area (Å²) in [6.07, 6.45) is 0. The van der Waals surface area contributed by atoms with Gasteiger partial charge in [0, 0.05) is 11.1 Å². The number of rotatable bonds is 4. The molecule has 0 saturated carbocycles. The molecule has 0 bridgehead atoms. The number of benzene rings is 2. The number of aromatic nitrogens is 1. The van der Waals surface area contributed by atoms with Crippen LogP contribution in [0.25, 0.3) is 11.3 Å². The lowest BCUT2D eigenvalue weighted by molar-refractivity contribution is 0.0464. The molecule has 3 rings (SSSR count). The molecule has 4 nitrogen and oxygen atoms in total. The molecule has 0 fully saturated rings. The standard InChI is InChI=1S/C18H13ClFNO3/c1-11-16(10-23-18(22)14-4-2-3-5-15(14)19)21-24-17(11)12-6-8-13(20)9-7-12/h2-9H,10H2,1H3. The van der Waals surface area contributed by atoms with E-state index in [2.05, 4.69) is 5.16 Å². The van der Waals surface area contributed by atoms with Gasteiger partial charge in [0.1, 0.15) is 18.1 Å². The molecule has 0 aliphatic carbocycles. The quantitative estimate of drug-likeness (QED) is 0.637. The van der Waals surface area contributed by atoms with Gasteiger partial charge < -0.3 is 9.26 Å². The first-order valence-corrected chi connectivity index (χ1v) is 7.57. The predicted molar refractivity (Wildman–Crippen MR) is 87.2 cm³/mol. The van der Waals surface area contributed by atoms with Crippen LogP contribution in [0.1, 0.15) is 21.6 Å². The number of ether oxygens (including phenoxy) is 1. The van der Waals surface area contributed by atoms with E-state index in [1.165, 1.54) is 12.1 Å². The third-order valence-electron chi connectivity index (χ3n) is 3.56. The highest BCUT2D eigenvalue weighted by atomic mass is 35.5. The molecule has 2 aromatic carbocycles. The van der Waals surface area contributed by atoms with Crippen LogP contribution in [0.3, 0.4) is 0 Å². The average molecular weight is 346 g/mol. The average Bonchev–Trinajstić information content (AvgIpc) is 2.95. The van der Waals surface area contributed by atoms with Crippen LogP contribution >= 0.6 is 11.6 Å². The fourth-order valence-corrected chi connectivity index (χ4v) is 2.43. The Morgan fingerprint density at radius 3 is 2.62 bits per heavy atom. The monoisotopic (exact) mass is 345 g/mol. The van der Waals surface area contributed by atoms with Crippen molar-refractivity contribution in [2.75, 3.05) is 0 Å². The lowest BCUT2D eigenvalue weighted by Crippen LogP contribution is -2.06. The summed E-state index contributed by atoms with van der Waals surface area (Å²) < 4.78 is 23.5. The lowest BCUT2D eigenvalue weighted by Gasteiger charge is -2.04. The van der Waals surface area contributed by atoms with Gasteiger partial charge in [0.05, 0.1) is 10.6 Å². The highest BCUT2D eigenvalue weighted by Crippen LogP contribution is 2.26. The maximum atomic E-state index is 13.0. The minimum absolute atomic E-state index is 0.0411. The highest BCUT2D eigenvalue weighted by molar-refractivity contribution is 6.33. The van der Waals surface area contributed by atoms with Crippen LogP contribution in [0.4, 0.5) is 4.39 Å². The second-order valence-electron chi connectivity index (χ2n) is 5.15. The Bertz CT molecular complexity index is 874. The summed E-state index contributed by atoms with van der Waals surface area (Å²) in [5, 5.41) is 4.25. The third-order valence-corrected chi connectivity index (χ3v) is 3.89. The molecule has 0 saturated heterocycles. The minimum Gasteiger partial charge on any atom is -0.455 e. The maximum Gasteiger partial charge on any atom is 0.340 e. The van der Waals surface area contributed by atoms with Gasteiger partial charge in [-0.3, -0.25) is 0 Å². The van der Waals surface area contributed by atoms with Crippen molar-refractivity contribution >= 4 is 17.6 Å². The van der Waals surface area contributed by atoms with E-state index in [1.54, 1.807) is 43.3 Å². The van der Waals surface area contributed by atoms with Gasteiger partial charge in [-0.25, -0.2) is 9.18 Å². The number of nitrogens with zero attached hydrogens (tertiary/aromatic N) is 1. The van der Waals surface area contributed by atoms with Gasteiger partial charge in [0.25, 0.3) is 0 Å². The minimum atomic E-state index is -0.536. The van der Waals surface area contributed by atoms with Crippen LogP contribution in [0.5, 0.6) is 0 Å². The lowest BCUT2D eigenvalue weighted by atomic mass is 10.1. The van der Waals surface area contributed by atoms with Gasteiger partial charge in [-0.15, -0.1) is 0 Å². The Labute approximate surface area is 142 Å². The summed E-state index contributed by atoms with van der Waals surface area (Å²) in [4.78, 5) is 12.1. The summed E-state index contributed by atoms with van der Waals surface area (Å²) in [7, 11) is 0. The van der Waals surface area contributed by atoms with Crippen molar-refractivity contribution in [2.24, 2.45) is 0 Å². The Morgan fingerprint density at radius 1 is 1.21 bits per heavy atom. The summed E-state index contributed by atoms with van der Waals surface area (Å²) in [5.74, 6) is -0.352. The van der Waals surface area contributed by atoms with E-state index in [1.807, 2.05) is 0 Å². The second-order valence-corrected chi connectivity index (χ2v) is 5.55. The van der Waals surface area contributed by atoms with E-state index in [0.717, 1.165) is 5.56 Å². The molecule has 0 amide bonds. The largest absolute Gasteiger partial charge is 0.455 e. The number of carbonyl (C=O) groups is 1. The molecule has 0 N–H and O–H groups in total. The zero-order chi connectivity index (χ0) is 17.1. The molecule has 1 aromatic heterocycles. The smallest absolute Gasteiger partial charge is 0.340 e. The molecule has 0 atom stereocenters. The van der Waals surface area contributed by atoms with Crippen molar-refractivity contribution in [1.82, 2.24) is 5.16 Å². The van der Waals surface area contributed by atoms with E-state index in [-0.39, 0.29) is 12.4 Å². The Balaban J connectivity index is 1.74. The molecule has 24 heavy (non-hydrogen) atoms. The van der Waals surface area contributed by atoms with Gasteiger partial charge in [-0.05, 0) is 43.3 Å². The molecule has 1 heterocycles. The molecule has 6 heteroatoms. The second kappa shape index (κ2) is 6.84. The summed E-state index contributed by atoms with van der Waals surface area (Å²) in [5.41, 5.74) is 2.22. The van der Waals surface area contributed by atoms with E-state index < -0.39 is 5.97 Å². The van der Waals surface area contributed by atoms with Gasteiger partial charge in [0.15, 0.2) is 5.76 Å². The van der Waals surface area contributed by atoms with Crippen LogP contribution in [-0.4, -0.2) is 11.1 Å². The van der Waals surface area contributed by atoms with Crippen molar-refractivity contribution in [2.45, 2.75) is 13.5 Å². The van der Waals surface area contributed by atoms with Crippen molar-refractivity contribution in [3.63, 3.8) is 0 Å². The SMILES string of the molecule is Cc1c(COC(=O)c2ccccc2Cl)noc1-c1ccc(F)cc1. The van der Waals surface area contributed by atoms with Crippen molar-refractivity contribution < 1.29 is 18.4 Å². The molecule has 0 unspecified atom stereocenters. The van der Waals surface area contributed by atoms with E-state index in [4.69, 9.17) is 20.9 Å². The number of carbonyl (C=O) groups excluding carboxylic acids is 1. The summed E-state index contributed by atoms with van der Waals surface area (Å²) in [6, 6.07) is 12.5. The first kappa shape index (κ1) is 16.2. The van der Waals surface area contributed by atoms with Crippen molar-refractivity contribution in [1.29, 1.82) is 0 Å². The molecule has 122 valence electrons. The maximum absolute atomic E-state index is 13.0. The van der Waals surface area contributed by atoms with Crippen molar-refractivity contribution in [3.8, 4) is 11.3 Å². The Hall–Kier alpha value is -2.66. The van der Waals surface area contributed by atoms with Gasteiger partial charge >= 0.3 is 5.97 Å². The number of esters is 1. The summed E-state index contributed by atoms with van der Waals surface area (Å²) in [6.45, 7) is 1.76. The zero-order valence-electron chi connectivity index (χ0n) is 12.8. The first-order chi connectivity index (χ1) is 11.6. The molecule has 0 aliphatic rings. The van der Waals surface area contributed by atoms with Crippen LogP contribution in [0.2, 0.25) is 5.02 Å². The molecular weight excluding hydrogens is 333 g/mol. The van der Waals surface area contributed by atoms with E-state index in [9.17, 15) is 9.18 Å². The molecule has 3 aromatic rings. The number of hydrogen-bond acceptors (Lipinski definition) is 4. The molecule has 0 spiro atoms. The first-order valence-electron chi connectivity index (χ1n) is 7.19. The van der Waals surface area contributed by atoms with Gasteiger partial charge in [-0.2, -0.15) is 0 Å². The van der Waals surface area contributed by atoms with Crippen LogP contribution in [0, 0.1) is 12.7 Å². The number of hydrogen-bond donors (Lipinski definition) is 0. The third kappa shape index (κ3) is 3.31. The predicted octanol–water partition coefficient (Wildman–Crippen LogP) is 4.80. The van der Waals surface area contributed by atoms with Crippen molar-refractivity contribution in [3.05, 3.63) is 76.2 Å². The molecule has 0 radical (unpaired) electrons. The highest BCUT2D eigenvalue weighted by Gasteiger charge is 2.17. The number of halogens is 2. The van der Waals surface area contributed by atoms with E-state index in [0.29, 0.717) is 27.6 Å². The molecular formula is C18H13ClFNO3. The summed E-state index contributed by atoms with van der Waals surface area (Å²) >= 11 is 5.96. The van der Waals surface area contributed by atoms with Crippen LogP contribution < -0.4 is 0 Å².